The number of rotatable bonds is 10. The Kier molecular flexibility index (Phi) is 7.88. The highest BCUT2D eigenvalue weighted by Crippen LogP contribution is 2.58. The van der Waals surface area contributed by atoms with Crippen LogP contribution in [0.25, 0.3) is 0 Å². The highest BCUT2D eigenvalue weighted by atomic mass is 32.1. The van der Waals surface area contributed by atoms with E-state index in [-0.39, 0.29) is 31.1 Å². The molecule has 2 aliphatic heterocycles. The molecule has 12 heteroatoms. The van der Waals surface area contributed by atoms with E-state index in [1.54, 1.807) is 31.2 Å². The summed E-state index contributed by atoms with van der Waals surface area (Å²) in [4.78, 5) is 52.6. The Morgan fingerprint density at radius 1 is 1.13 bits per heavy atom. The van der Waals surface area contributed by atoms with Crippen molar-refractivity contribution >= 4 is 35.1 Å². The SMILES string of the molecule is CCC1(C(=O)O)C(COCCN2C(=O)c3ccccc3C2=O)NC(CF)C(C)(C(=O)O)C1c1ccc(C#N)s1. The highest BCUT2D eigenvalue weighted by Gasteiger charge is 2.66. The number of thiophene rings is 1. The molecule has 0 saturated carbocycles. The van der Waals surface area contributed by atoms with Crippen LogP contribution in [0.3, 0.4) is 0 Å². The van der Waals surface area contributed by atoms with Gasteiger partial charge in [0.1, 0.15) is 17.6 Å². The number of imide groups is 1. The van der Waals surface area contributed by atoms with Crippen molar-refractivity contribution in [3.63, 3.8) is 0 Å². The number of nitrogens with one attached hydrogen (secondary N) is 1. The normalized spacial score (nSPS) is 28.3. The van der Waals surface area contributed by atoms with E-state index >= 15 is 0 Å². The molecule has 5 unspecified atom stereocenters. The third kappa shape index (κ3) is 4.40. The van der Waals surface area contributed by atoms with Gasteiger partial charge in [0.05, 0.1) is 47.8 Å². The molecule has 4 rings (SSSR count). The molecule has 2 aromatic rings. The Hall–Kier alpha value is -3.66. The minimum atomic E-state index is -1.86. The van der Waals surface area contributed by atoms with Gasteiger partial charge in [0.25, 0.3) is 11.8 Å². The van der Waals surface area contributed by atoms with Crippen molar-refractivity contribution in [2.75, 3.05) is 26.4 Å². The Balaban J connectivity index is 1.62. The van der Waals surface area contributed by atoms with Crippen LogP contribution in [0.4, 0.5) is 4.39 Å². The lowest BCUT2D eigenvalue weighted by Gasteiger charge is -2.56. The number of carboxylic acids is 2. The second-order valence-electron chi connectivity index (χ2n) is 9.84. The smallest absolute Gasteiger partial charge is 0.312 e. The maximum absolute atomic E-state index is 14.4. The van der Waals surface area contributed by atoms with Crippen molar-refractivity contribution in [1.29, 1.82) is 5.26 Å². The van der Waals surface area contributed by atoms with Crippen molar-refractivity contribution in [2.45, 2.75) is 38.3 Å². The largest absolute Gasteiger partial charge is 0.481 e. The molecule has 0 radical (unpaired) electrons. The van der Waals surface area contributed by atoms with E-state index in [9.17, 15) is 39.0 Å². The van der Waals surface area contributed by atoms with Gasteiger partial charge in [-0.05, 0) is 37.6 Å². The summed E-state index contributed by atoms with van der Waals surface area (Å²) >= 11 is 0.988. The van der Waals surface area contributed by atoms with Gasteiger partial charge in [0.2, 0.25) is 0 Å². The average molecular weight is 558 g/mol. The van der Waals surface area contributed by atoms with E-state index in [0.717, 1.165) is 16.2 Å². The molecule has 2 aliphatic rings. The number of nitrogens with zero attached hydrogens (tertiary/aromatic N) is 2. The number of hydrogen-bond donors (Lipinski definition) is 3. The van der Waals surface area contributed by atoms with Gasteiger partial charge >= 0.3 is 11.9 Å². The number of fused-ring (bicyclic) bond motifs is 1. The van der Waals surface area contributed by atoms with Crippen LogP contribution < -0.4 is 5.32 Å². The van der Waals surface area contributed by atoms with Crippen molar-refractivity contribution in [1.82, 2.24) is 10.2 Å². The predicted molar refractivity (Wildman–Crippen MR) is 137 cm³/mol. The number of amides is 2. The third-order valence-corrected chi connectivity index (χ3v) is 9.16. The number of carboxylic acid groups (broad SMARTS) is 2. The highest BCUT2D eigenvalue weighted by molar-refractivity contribution is 7.12. The maximum atomic E-state index is 14.4. The van der Waals surface area contributed by atoms with E-state index in [2.05, 4.69) is 5.32 Å². The number of carbonyl (C=O) groups excluding carboxylic acids is 2. The van der Waals surface area contributed by atoms with Crippen LogP contribution >= 0.6 is 11.3 Å². The number of piperidine rings is 1. The van der Waals surface area contributed by atoms with Gasteiger partial charge in [0, 0.05) is 16.8 Å². The van der Waals surface area contributed by atoms with Crippen LogP contribution in [0.15, 0.2) is 36.4 Å². The number of hydrogen-bond acceptors (Lipinski definition) is 8. The lowest BCUT2D eigenvalue weighted by Crippen LogP contribution is -2.71. The molecule has 1 aromatic carbocycles. The number of alkyl halides is 1. The van der Waals surface area contributed by atoms with Crippen LogP contribution in [0.2, 0.25) is 0 Å². The molecular formula is C27H28FN3O7S. The molecule has 1 saturated heterocycles. The molecule has 2 amide bonds. The van der Waals surface area contributed by atoms with E-state index in [1.807, 2.05) is 6.07 Å². The number of halogens is 1. The first-order valence-corrected chi connectivity index (χ1v) is 13.2. The van der Waals surface area contributed by atoms with Crippen molar-refractivity contribution < 1.29 is 38.5 Å². The number of aliphatic carboxylic acids is 2. The second-order valence-corrected chi connectivity index (χ2v) is 11.0. The van der Waals surface area contributed by atoms with Crippen LogP contribution in [-0.2, 0) is 14.3 Å². The first kappa shape index (κ1) is 28.4. The van der Waals surface area contributed by atoms with Crippen LogP contribution in [0, 0.1) is 22.2 Å². The molecule has 10 nitrogen and oxygen atoms in total. The lowest BCUT2D eigenvalue weighted by atomic mass is 9.52. The summed E-state index contributed by atoms with van der Waals surface area (Å²) in [5.74, 6) is -4.75. The van der Waals surface area contributed by atoms with Crippen molar-refractivity contribution in [3.8, 4) is 6.07 Å². The molecule has 0 aliphatic carbocycles. The van der Waals surface area contributed by atoms with Crippen molar-refractivity contribution in [3.05, 3.63) is 57.3 Å². The summed E-state index contributed by atoms with van der Waals surface area (Å²) in [6.45, 7) is 1.43. The van der Waals surface area contributed by atoms with Gasteiger partial charge in [-0.3, -0.25) is 24.1 Å². The van der Waals surface area contributed by atoms with E-state index in [1.165, 1.54) is 19.1 Å². The third-order valence-electron chi connectivity index (χ3n) is 8.10. The topological polar surface area (TPSA) is 157 Å². The predicted octanol–water partition coefficient (Wildman–Crippen LogP) is 2.90. The van der Waals surface area contributed by atoms with E-state index in [4.69, 9.17) is 4.74 Å². The molecule has 39 heavy (non-hydrogen) atoms. The number of ether oxygens (including phenoxy) is 1. The minimum absolute atomic E-state index is 0.0197. The monoisotopic (exact) mass is 557 g/mol. The second kappa shape index (κ2) is 10.8. The van der Waals surface area contributed by atoms with Crippen molar-refractivity contribution in [2.24, 2.45) is 10.8 Å². The zero-order chi connectivity index (χ0) is 28.5. The first-order chi connectivity index (χ1) is 18.6. The fourth-order valence-corrected chi connectivity index (χ4v) is 7.11. The number of nitriles is 1. The standard InChI is InChI=1S/C27H28FN3O7S/c1-3-27(25(36)37)20(14-38-11-10-31-22(32)16-6-4-5-7-17(16)23(31)33)30-19(12-28)26(2,24(34)35)21(27)18-9-8-15(13-29)39-18/h4-9,19-21,30H,3,10-12,14H2,1-2H3,(H,34,35)(H,36,37). The molecule has 0 bridgehead atoms. The van der Waals surface area contributed by atoms with E-state index < -0.39 is 59.3 Å². The zero-order valence-electron chi connectivity index (χ0n) is 21.3. The molecule has 0 spiro atoms. The molecule has 5 atom stereocenters. The molecule has 1 aromatic heterocycles. The summed E-state index contributed by atoms with van der Waals surface area (Å²) in [6, 6.07) is 9.17. The molecule has 3 N–H and O–H groups in total. The summed E-state index contributed by atoms with van der Waals surface area (Å²) in [6.07, 6.45) is -0.0197. The van der Waals surface area contributed by atoms with Gasteiger partial charge in [-0.25, -0.2) is 4.39 Å². The van der Waals surface area contributed by atoms with Crippen LogP contribution in [-0.4, -0.2) is 77.4 Å². The fourth-order valence-electron chi connectivity index (χ4n) is 5.97. The first-order valence-electron chi connectivity index (χ1n) is 12.4. The van der Waals surface area contributed by atoms with Crippen LogP contribution in [0.5, 0.6) is 0 Å². The Bertz CT molecular complexity index is 1320. The van der Waals surface area contributed by atoms with Gasteiger partial charge in [-0.2, -0.15) is 5.26 Å². The summed E-state index contributed by atoms with van der Waals surface area (Å²) in [7, 11) is 0. The zero-order valence-corrected chi connectivity index (χ0v) is 22.2. The maximum Gasteiger partial charge on any atom is 0.312 e. The van der Waals surface area contributed by atoms with Gasteiger partial charge in [-0.1, -0.05) is 19.1 Å². The molecule has 206 valence electrons. The summed E-state index contributed by atoms with van der Waals surface area (Å²) in [5.41, 5.74) is -3.02. The molecular weight excluding hydrogens is 529 g/mol. The molecule has 1 fully saturated rings. The minimum Gasteiger partial charge on any atom is -0.481 e. The lowest BCUT2D eigenvalue weighted by molar-refractivity contribution is -0.175. The van der Waals surface area contributed by atoms with Gasteiger partial charge in [-0.15, -0.1) is 11.3 Å². The fraction of sp³-hybridized carbons (Fsp3) is 0.444. The number of benzene rings is 1. The number of carbonyl (C=O) groups is 4. The van der Waals surface area contributed by atoms with Gasteiger partial charge in [0.15, 0.2) is 0 Å². The van der Waals surface area contributed by atoms with E-state index in [0.29, 0.717) is 16.0 Å². The summed E-state index contributed by atoms with van der Waals surface area (Å²) in [5, 5.41) is 33.1. The van der Waals surface area contributed by atoms with Crippen LogP contribution in [0.1, 0.15) is 56.7 Å². The Labute approximate surface area is 228 Å². The summed E-state index contributed by atoms with van der Waals surface area (Å²) < 4.78 is 20.2. The molecule has 3 heterocycles. The average Bonchev–Trinajstić information content (AvgIpc) is 3.49. The Morgan fingerprint density at radius 3 is 2.26 bits per heavy atom. The quantitative estimate of drug-likeness (QED) is 0.295. The van der Waals surface area contributed by atoms with Gasteiger partial charge < -0.3 is 20.3 Å². The Morgan fingerprint density at radius 2 is 1.77 bits per heavy atom.